The maximum Gasteiger partial charge on any atom is 0.151 e. The predicted molar refractivity (Wildman–Crippen MR) is 84.4 cm³/mol. The lowest BCUT2D eigenvalue weighted by molar-refractivity contribution is -0.128. The number of benzene rings is 2. The Kier molecular flexibility index (Phi) is 2.48. The van der Waals surface area contributed by atoms with E-state index in [1.807, 2.05) is 18.2 Å². The van der Waals surface area contributed by atoms with Gasteiger partial charge in [0.15, 0.2) is 5.78 Å². The van der Waals surface area contributed by atoms with Crippen LogP contribution in [0.2, 0.25) is 0 Å². The first-order valence-corrected chi connectivity index (χ1v) is 7.77. The number of Topliss-reactive ketones (excluding diaryl/α,β-unsaturated/α-hetero) is 1. The van der Waals surface area contributed by atoms with Crippen molar-refractivity contribution in [3.05, 3.63) is 71.3 Å². The van der Waals surface area contributed by atoms with E-state index in [1.165, 1.54) is 11.1 Å². The summed E-state index contributed by atoms with van der Waals surface area (Å²) in [6.45, 7) is 4.50. The van der Waals surface area contributed by atoms with Crippen molar-refractivity contribution in [1.29, 1.82) is 0 Å². The summed E-state index contributed by atoms with van der Waals surface area (Å²) in [6, 6.07) is 18.8. The van der Waals surface area contributed by atoms with Gasteiger partial charge in [0.2, 0.25) is 0 Å². The molecule has 2 aliphatic carbocycles. The molecule has 1 fully saturated rings. The van der Waals surface area contributed by atoms with E-state index in [0.29, 0.717) is 5.78 Å². The summed E-state index contributed by atoms with van der Waals surface area (Å²) < 4.78 is 0. The largest absolute Gasteiger partial charge is 0.298 e. The van der Waals surface area contributed by atoms with Crippen LogP contribution in [0, 0.1) is 5.41 Å². The molecule has 0 aliphatic heterocycles. The predicted octanol–water partition coefficient (Wildman–Crippen LogP) is 4.46. The summed E-state index contributed by atoms with van der Waals surface area (Å²) in [5.74, 6) is 0.343. The van der Waals surface area contributed by atoms with Crippen LogP contribution < -0.4 is 0 Å². The van der Waals surface area contributed by atoms with Crippen LogP contribution in [0.4, 0.5) is 0 Å². The molecule has 0 N–H and O–H groups in total. The molecular formula is C20H20O. The van der Waals surface area contributed by atoms with Crippen LogP contribution >= 0.6 is 0 Å². The zero-order chi connectivity index (χ0) is 14.7. The second-order valence-corrected chi connectivity index (χ2v) is 7.00. The van der Waals surface area contributed by atoms with E-state index in [4.69, 9.17) is 0 Å². The van der Waals surface area contributed by atoms with Crippen LogP contribution in [0.25, 0.3) is 0 Å². The van der Waals surface area contributed by atoms with Crippen molar-refractivity contribution in [2.24, 2.45) is 5.41 Å². The lowest BCUT2D eigenvalue weighted by Crippen LogP contribution is -2.45. The number of carbonyl (C=O) groups is 1. The highest BCUT2D eigenvalue weighted by molar-refractivity contribution is 5.99. The second kappa shape index (κ2) is 4.07. The van der Waals surface area contributed by atoms with E-state index >= 15 is 0 Å². The normalized spacial score (nSPS) is 24.7. The molecule has 0 heterocycles. The Morgan fingerprint density at radius 3 is 2.19 bits per heavy atom. The van der Waals surface area contributed by atoms with Crippen LogP contribution in [0.3, 0.4) is 0 Å². The van der Waals surface area contributed by atoms with Gasteiger partial charge in [0.25, 0.3) is 0 Å². The van der Waals surface area contributed by atoms with E-state index in [2.05, 4.69) is 50.2 Å². The van der Waals surface area contributed by atoms with E-state index in [0.717, 1.165) is 18.4 Å². The minimum atomic E-state index is -0.137. The third-order valence-corrected chi connectivity index (χ3v) is 5.76. The number of hydrogen-bond acceptors (Lipinski definition) is 1. The standard InChI is InChI=1S/C20H20O/c1-19(2)16-11-7-6-10-15(16)17(14-8-4-3-5-9-14)18(21)20(19)12-13-20/h3-11,17H,12-13H2,1-2H3. The molecule has 1 unspecified atom stereocenters. The van der Waals surface area contributed by atoms with Crippen LogP contribution in [0.1, 0.15) is 49.3 Å². The first-order valence-electron chi connectivity index (χ1n) is 7.77. The first-order chi connectivity index (χ1) is 10.1. The molecular weight excluding hydrogens is 256 g/mol. The number of rotatable bonds is 1. The molecule has 106 valence electrons. The van der Waals surface area contributed by atoms with Crippen LogP contribution in [-0.2, 0) is 10.2 Å². The quantitative estimate of drug-likeness (QED) is 0.751. The SMILES string of the molecule is CC1(C)c2ccccc2C(c2ccccc2)C(=O)C12CC2. The summed E-state index contributed by atoms with van der Waals surface area (Å²) in [5, 5.41) is 0. The van der Waals surface area contributed by atoms with Gasteiger partial charge < -0.3 is 0 Å². The van der Waals surface area contributed by atoms with Gasteiger partial charge in [0.1, 0.15) is 0 Å². The van der Waals surface area contributed by atoms with Crippen molar-refractivity contribution in [2.45, 2.75) is 38.0 Å². The molecule has 1 saturated carbocycles. The van der Waals surface area contributed by atoms with E-state index in [9.17, 15) is 4.79 Å². The molecule has 1 heteroatoms. The van der Waals surface area contributed by atoms with Gasteiger partial charge >= 0.3 is 0 Å². The third-order valence-electron chi connectivity index (χ3n) is 5.76. The smallest absolute Gasteiger partial charge is 0.151 e. The molecule has 0 radical (unpaired) electrons. The summed E-state index contributed by atoms with van der Waals surface area (Å²) >= 11 is 0. The van der Waals surface area contributed by atoms with Crippen LogP contribution in [0.15, 0.2) is 54.6 Å². The van der Waals surface area contributed by atoms with Crippen molar-refractivity contribution >= 4 is 5.78 Å². The number of hydrogen-bond donors (Lipinski definition) is 0. The van der Waals surface area contributed by atoms with E-state index in [-0.39, 0.29) is 16.7 Å². The molecule has 0 bridgehead atoms. The Labute approximate surface area is 126 Å². The lowest BCUT2D eigenvalue weighted by atomic mass is 9.58. The molecule has 21 heavy (non-hydrogen) atoms. The second-order valence-electron chi connectivity index (χ2n) is 7.00. The van der Waals surface area contributed by atoms with Crippen molar-refractivity contribution in [3.63, 3.8) is 0 Å². The summed E-state index contributed by atoms with van der Waals surface area (Å²) in [6.07, 6.45) is 2.08. The molecule has 0 aromatic heterocycles. The minimum Gasteiger partial charge on any atom is -0.298 e. The maximum atomic E-state index is 13.3. The molecule has 1 nitrogen and oxygen atoms in total. The molecule has 1 atom stereocenters. The average molecular weight is 276 g/mol. The van der Waals surface area contributed by atoms with Gasteiger partial charge in [-0.15, -0.1) is 0 Å². The van der Waals surface area contributed by atoms with Crippen molar-refractivity contribution in [1.82, 2.24) is 0 Å². The zero-order valence-corrected chi connectivity index (χ0v) is 12.6. The Hall–Kier alpha value is -1.89. The van der Waals surface area contributed by atoms with Crippen molar-refractivity contribution in [3.8, 4) is 0 Å². The maximum absolute atomic E-state index is 13.3. The summed E-state index contributed by atoms with van der Waals surface area (Å²) in [7, 11) is 0. The Bertz CT molecular complexity index is 708. The van der Waals surface area contributed by atoms with Crippen LogP contribution in [0.5, 0.6) is 0 Å². The van der Waals surface area contributed by atoms with Gasteiger partial charge in [-0.2, -0.15) is 0 Å². The molecule has 0 amide bonds. The zero-order valence-electron chi connectivity index (χ0n) is 12.6. The Morgan fingerprint density at radius 2 is 1.52 bits per heavy atom. The number of fused-ring (bicyclic) bond motifs is 1. The first kappa shape index (κ1) is 12.8. The molecule has 0 saturated heterocycles. The molecule has 1 spiro atoms. The molecule has 4 rings (SSSR count). The highest BCUT2D eigenvalue weighted by Gasteiger charge is 2.64. The van der Waals surface area contributed by atoms with Crippen molar-refractivity contribution < 1.29 is 4.79 Å². The Balaban J connectivity index is 1.98. The van der Waals surface area contributed by atoms with Gasteiger partial charge in [-0.1, -0.05) is 68.4 Å². The van der Waals surface area contributed by atoms with Crippen LogP contribution in [-0.4, -0.2) is 5.78 Å². The summed E-state index contributed by atoms with van der Waals surface area (Å²) in [5.41, 5.74) is 3.51. The average Bonchev–Trinajstić information content (AvgIpc) is 3.30. The number of carbonyl (C=O) groups excluding carboxylic acids is 1. The monoisotopic (exact) mass is 276 g/mol. The number of ketones is 1. The Morgan fingerprint density at radius 1 is 0.905 bits per heavy atom. The highest BCUT2D eigenvalue weighted by Crippen LogP contribution is 2.65. The fourth-order valence-corrected chi connectivity index (χ4v) is 4.27. The van der Waals surface area contributed by atoms with E-state index < -0.39 is 0 Å². The van der Waals surface area contributed by atoms with Gasteiger partial charge in [-0.25, -0.2) is 0 Å². The van der Waals surface area contributed by atoms with E-state index in [1.54, 1.807) is 0 Å². The fourth-order valence-electron chi connectivity index (χ4n) is 4.27. The molecule has 2 aliphatic rings. The lowest BCUT2D eigenvalue weighted by Gasteiger charge is -2.43. The molecule has 2 aromatic rings. The van der Waals surface area contributed by atoms with Gasteiger partial charge in [0, 0.05) is 10.8 Å². The fraction of sp³-hybridized carbons (Fsp3) is 0.350. The topological polar surface area (TPSA) is 17.1 Å². The summed E-state index contributed by atoms with van der Waals surface area (Å²) in [4.78, 5) is 13.3. The third kappa shape index (κ3) is 1.55. The van der Waals surface area contributed by atoms with Crippen molar-refractivity contribution in [2.75, 3.05) is 0 Å². The van der Waals surface area contributed by atoms with Gasteiger partial charge in [-0.05, 0) is 29.5 Å². The minimum absolute atomic E-state index is 0.0496. The molecule has 2 aromatic carbocycles. The highest BCUT2D eigenvalue weighted by atomic mass is 16.1. The van der Waals surface area contributed by atoms with Gasteiger partial charge in [0.05, 0.1) is 5.92 Å². The van der Waals surface area contributed by atoms with Gasteiger partial charge in [-0.3, -0.25) is 4.79 Å².